The molecule has 3 heterocycles. The van der Waals surface area contributed by atoms with Crippen LogP contribution in [0.4, 0.5) is 0 Å². The van der Waals surface area contributed by atoms with Crippen LogP contribution in [0.3, 0.4) is 0 Å². The molecule has 14 heteroatoms. The Kier molecular flexibility index (Phi) is 18.7. The highest BCUT2D eigenvalue weighted by Gasteiger charge is 2.42. The summed E-state index contributed by atoms with van der Waals surface area (Å²) in [6.45, 7) is 15.6. The Morgan fingerprint density at radius 3 is 1.88 bits per heavy atom. The number of benzene rings is 3. The molecular weight excluding hydrogens is 861 g/mol. The van der Waals surface area contributed by atoms with Gasteiger partial charge in [-0.2, -0.15) is 0 Å². The molecule has 0 bridgehead atoms. The first-order chi connectivity index (χ1) is 31.8. The first-order valence-corrected chi connectivity index (χ1v) is 22.8. The predicted octanol–water partition coefficient (Wildman–Crippen LogP) is 9.18. The molecule has 6 rings (SSSR count). The summed E-state index contributed by atoms with van der Waals surface area (Å²) < 4.78 is 46.4. The second kappa shape index (κ2) is 23.9. The van der Waals surface area contributed by atoms with Gasteiger partial charge in [0.25, 0.3) is 0 Å². The summed E-state index contributed by atoms with van der Waals surface area (Å²) >= 11 is 0. The molecule has 364 valence electrons. The number of hydrogen-bond acceptors (Lipinski definition) is 14. The maximum absolute atomic E-state index is 13.6. The highest BCUT2D eigenvalue weighted by atomic mass is 16.8. The van der Waals surface area contributed by atoms with E-state index in [2.05, 4.69) is 19.1 Å². The van der Waals surface area contributed by atoms with Gasteiger partial charge in [-0.1, -0.05) is 88.4 Å². The van der Waals surface area contributed by atoms with E-state index < -0.39 is 36.0 Å². The molecule has 4 N–H and O–H groups in total. The number of aromatic hydroxyl groups is 2. The average Bonchev–Trinajstić information content (AvgIpc) is 3.60. The maximum atomic E-state index is 13.6. The third-order valence-electron chi connectivity index (χ3n) is 12.1. The lowest BCUT2D eigenvalue weighted by molar-refractivity contribution is -0.148. The first kappa shape index (κ1) is 52.3. The van der Waals surface area contributed by atoms with Crippen LogP contribution in [0.2, 0.25) is 0 Å². The average molecular weight is 929 g/mol. The van der Waals surface area contributed by atoms with Crippen LogP contribution in [-0.4, -0.2) is 95.8 Å². The molecule has 0 saturated carbocycles. The van der Waals surface area contributed by atoms with Crippen LogP contribution in [0.1, 0.15) is 106 Å². The molecule has 3 aromatic carbocycles. The number of ether oxygens (including phenoxy) is 8. The molecule has 1 fully saturated rings. The molecule has 3 aliphatic rings. The Balaban J connectivity index is 0.000000278. The number of rotatable bonds is 7. The van der Waals surface area contributed by atoms with Gasteiger partial charge in [-0.25, -0.2) is 9.59 Å². The zero-order valence-electron chi connectivity index (χ0n) is 40.2. The van der Waals surface area contributed by atoms with E-state index in [0.29, 0.717) is 35.7 Å². The fourth-order valence-electron chi connectivity index (χ4n) is 7.71. The molecule has 1 saturated heterocycles. The van der Waals surface area contributed by atoms with Crippen molar-refractivity contribution >= 4 is 24.1 Å². The van der Waals surface area contributed by atoms with Gasteiger partial charge in [0, 0.05) is 42.9 Å². The summed E-state index contributed by atoms with van der Waals surface area (Å²) in [5, 5.41) is 40.2. The number of fused-ring (bicyclic) bond motifs is 3. The Bertz CT molecular complexity index is 2240. The normalized spacial score (nSPS) is 29.6. The van der Waals surface area contributed by atoms with Gasteiger partial charge in [0.1, 0.15) is 58.7 Å². The molecule has 0 aliphatic carbocycles. The molecule has 14 nitrogen and oxygen atoms in total. The van der Waals surface area contributed by atoms with Crippen LogP contribution in [-0.2, 0) is 30.3 Å². The summed E-state index contributed by atoms with van der Waals surface area (Å²) in [5.41, 5.74) is 2.11. The Hall–Kier alpha value is -5.64. The standard InChI is InChI=1S/C33H42O8.C20H26O6/c1-21-11-12-22(2)31-28(40-33(4,5)41-31)10-8-9-25-17-27(37-19-24-13-15-26(36-7)16-14-24)18-29(38-20-35-6)30(25)32(34)39-23(21)3;1-11-7-8-12(2)19(24)16(22)6-4-5-14-9-15(21)10-17(23)18(14)20(25)26-13(11)3/h8-9,11-18,21-23,28,31H,10,19-20H2,1-7H3;4-5,7-13,16,19,21-24H,6H2,1-3H3/b9-8+,12-11-;5-4+,8-7-/t21-,22?,23+,28+,31-;11-,12-,13+,16+,19-/m11/s1. The van der Waals surface area contributed by atoms with E-state index in [1.165, 1.54) is 19.3 Å². The minimum atomic E-state index is -0.983. The summed E-state index contributed by atoms with van der Waals surface area (Å²) in [6, 6.07) is 13.6. The van der Waals surface area contributed by atoms with Gasteiger partial charge in [0.05, 0.1) is 31.5 Å². The van der Waals surface area contributed by atoms with Gasteiger partial charge in [0.2, 0.25) is 0 Å². The Morgan fingerprint density at radius 2 is 1.25 bits per heavy atom. The van der Waals surface area contributed by atoms with E-state index in [0.717, 1.165) is 17.4 Å². The number of methoxy groups -OCH3 is 2. The van der Waals surface area contributed by atoms with Crippen molar-refractivity contribution in [2.24, 2.45) is 23.7 Å². The molecule has 0 spiro atoms. The quantitative estimate of drug-likeness (QED) is 0.0997. The van der Waals surface area contributed by atoms with E-state index >= 15 is 0 Å². The van der Waals surface area contributed by atoms with Crippen molar-refractivity contribution in [3.63, 3.8) is 0 Å². The lowest BCUT2D eigenvalue weighted by Crippen LogP contribution is -2.31. The maximum Gasteiger partial charge on any atom is 0.342 e. The largest absolute Gasteiger partial charge is 0.508 e. The number of cyclic esters (lactones) is 2. The number of esters is 2. The van der Waals surface area contributed by atoms with Crippen LogP contribution in [0, 0.1) is 23.7 Å². The zero-order chi connectivity index (χ0) is 49.0. The van der Waals surface area contributed by atoms with Crippen molar-refractivity contribution in [1.29, 1.82) is 0 Å². The third kappa shape index (κ3) is 14.4. The van der Waals surface area contributed by atoms with Gasteiger partial charge in [-0.05, 0) is 81.5 Å². The second-order valence-corrected chi connectivity index (χ2v) is 17.9. The minimum Gasteiger partial charge on any atom is -0.508 e. The second-order valence-electron chi connectivity index (χ2n) is 17.9. The molecule has 0 radical (unpaired) electrons. The predicted molar refractivity (Wildman–Crippen MR) is 254 cm³/mol. The summed E-state index contributed by atoms with van der Waals surface area (Å²) in [7, 11) is 3.16. The van der Waals surface area contributed by atoms with Gasteiger partial charge < -0.3 is 58.3 Å². The van der Waals surface area contributed by atoms with Crippen LogP contribution in [0.5, 0.6) is 28.7 Å². The Labute approximate surface area is 394 Å². The summed E-state index contributed by atoms with van der Waals surface area (Å²) in [4.78, 5) is 26.1. The van der Waals surface area contributed by atoms with Crippen molar-refractivity contribution in [3.8, 4) is 28.7 Å². The topological polar surface area (TPSA) is 189 Å². The molecule has 0 aromatic heterocycles. The number of phenols is 2. The molecular formula is C53H68O14. The van der Waals surface area contributed by atoms with E-state index in [4.69, 9.17) is 37.9 Å². The van der Waals surface area contributed by atoms with Crippen LogP contribution in [0.15, 0.2) is 85.0 Å². The van der Waals surface area contributed by atoms with Crippen molar-refractivity contribution in [3.05, 3.63) is 113 Å². The van der Waals surface area contributed by atoms with Crippen molar-refractivity contribution in [2.75, 3.05) is 21.0 Å². The molecule has 3 aromatic rings. The van der Waals surface area contributed by atoms with Crippen LogP contribution < -0.4 is 14.2 Å². The van der Waals surface area contributed by atoms with E-state index in [1.807, 2.05) is 83.2 Å². The fourth-order valence-corrected chi connectivity index (χ4v) is 7.71. The highest BCUT2D eigenvalue weighted by molar-refractivity contribution is 5.98. The van der Waals surface area contributed by atoms with Gasteiger partial charge in [-0.15, -0.1) is 0 Å². The summed E-state index contributed by atoms with van der Waals surface area (Å²) in [5.74, 6) is -1.11. The van der Waals surface area contributed by atoms with Crippen LogP contribution in [0.25, 0.3) is 12.2 Å². The smallest absolute Gasteiger partial charge is 0.342 e. The molecule has 67 heavy (non-hydrogen) atoms. The van der Waals surface area contributed by atoms with E-state index in [1.54, 1.807) is 39.2 Å². The number of carbonyl (C=O) groups is 2. The highest BCUT2D eigenvalue weighted by Crippen LogP contribution is 2.37. The van der Waals surface area contributed by atoms with E-state index in [-0.39, 0.29) is 77.8 Å². The fraction of sp³-hybridized carbons (Fsp3) is 0.472. The molecule has 10 atom stereocenters. The van der Waals surface area contributed by atoms with E-state index in [9.17, 15) is 30.0 Å². The molecule has 0 amide bonds. The number of phenolic OH excluding ortho intramolecular Hbond substituents is 2. The van der Waals surface area contributed by atoms with Gasteiger partial charge in [-0.3, -0.25) is 0 Å². The van der Waals surface area contributed by atoms with Crippen molar-refractivity contribution in [2.45, 2.75) is 117 Å². The number of hydrogen-bond donors (Lipinski definition) is 4. The van der Waals surface area contributed by atoms with Gasteiger partial charge >= 0.3 is 11.9 Å². The van der Waals surface area contributed by atoms with Gasteiger partial charge in [0.15, 0.2) is 12.6 Å². The van der Waals surface area contributed by atoms with Crippen LogP contribution >= 0.6 is 0 Å². The summed E-state index contributed by atoms with van der Waals surface area (Å²) in [6.07, 6.45) is 12.5. The number of aliphatic hydroxyl groups excluding tert-OH is 2. The first-order valence-electron chi connectivity index (χ1n) is 22.8. The van der Waals surface area contributed by atoms with Crippen molar-refractivity contribution in [1.82, 2.24) is 0 Å². The lowest BCUT2D eigenvalue weighted by atomic mass is 9.94. The molecule has 1 unspecified atom stereocenters. The SMILES string of the molecule is COCOc1cc(OCc2ccc(OC)cc2)cc2c1C(=O)O[C@@H](C)[C@H](C)/C=C\C(C)[C@H]1OC(C)(C)O[C@H]1C/C=C/2.C[C@@H]1/C=C\[C@@H](C)[C@H](C)OC(=O)c2c(O)cc(O)cc2/C=C/C[C@H](O)[C@@H]1O. The number of carbonyl (C=O) groups excluding carboxylic acids is 2. The molecule has 3 aliphatic heterocycles. The zero-order valence-corrected chi connectivity index (χ0v) is 40.2. The minimum absolute atomic E-state index is 0.0208. The number of aliphatic hydroxyl groups is 2. The Morgan fingerprint density at radius 1 is 0.672 bits per heavy atom. The monoisotopic (exact) mass is 928 g/mol. The van der Waals surface area contributed by atoms with Crippen molar-refractivity contribution < 1.29 is 67.9 Å². The lowest BCUT2D eigenvalue weighted by Gasteiger charge is -2.23. The third-order valence-corrected chi connectivity index (χ3v) is 12.1.